The monoisotopic (exact) mass is 201 g/mol. The van der Waals surface area contributed by atoms with Gasteiger partial charge in [0.2, 0.25) is 5.91 Å². The summed E-state index contributed by atoms with van der Waals surface area (Å²) in [5.41, 5.74) is 0. The van der Waals surface area contributed by atoms with Gasteiger partial charge in [-0.1, -0.05) is 6.92 Å². The van der Waals surface area contributed by atoms with Gasteiger partial charge in [-0.05, 0) is 6.42 Å². The van der Waals surface area contributed by atoms with Gasteiger partial charge in [0.25, 0.3) is 0 Å². The molecule has 0 aliphatic carbocycles. The van der Waals surface area contributed by atoms with Gasteiger partial charge in [0.05, 0.1) is 6.04 Å². The van der Waals surface area contributed by atoms with E-state index in [0.717, 1.165) is 12.2 Å². The van der Waals surface area contributed by atoms with E-state index < -0.39 is 0 Å². The zero-order chi connectivity index (χ0) is 9.68. The van der Waals surface area contributed by atoms with Crippen LogP contribution in [-0.4, -0.2) is 21.8 Å². The topological polar surface area (TPSA) is 57.8 Å². The molecular weight excluding hydrogens is 190 g/mol. The second-order valence-corrected chi connectivity index (χ2v) is 2.90. The van der Waals surface area contributed by atoms with Gasteiger partial charge >= 0.3 is 0 Å². The minimum absolute atomic E-state index is 0.0167. The Kier molecular flexibility index (Phi) is 3.76. The van der Waals surface area contributed by atoms with E-state index in [9.17, 15) is 4.79 Å². The number of nitrogens with zero attached hydrogens (tertiary/aromatic N) is 1. The fourth-order valence-corrected chi connectivity index (χ4v) is 1.14. The summed E-state index contributed by atoms with van der Waals surface area (Å²) in [6.45, 7) is 1.97. The number of hydrogen-bond acceptors (Lipinski definition) is 2. The Morgan fingerprint density at radius 1 is 1.85 bits per heavy atom. The fraction of sp³-hybridized carbons (Fsp3) is 0.500. The first-order chi connectivity index (χ1) is 6.27. The highest BCUT2D eigenvalue weighted by molar-refractivity contribution is 6.27. The van der Waals surface area contributed by atoms with Crippen molar-refractivity contribution >= 4 is 17.5 Å². The van der Waals surface area contributed by atoms with Gasteiger partial charge < -0.3 is 10.3 Å². The number of carbonyl (C=O) groups is 1. The van der Waals surface area contributed by atoms with Crippen LogP contribution in [0.4, 0.5) is 0 Å². The number of halogens is 1. The largest absolute Gasteiger partial charge is 0.347 e. The van der Waals surface area contributed by atoms with Crippen molar-refractivity contribution < 1.29 is 4.79 Å². The number of carbonyl (C=O) groups excluding carboxylic acids is 1. The first-order valence-electron chi connectivity index (χ1n) is 4.12. The molecule has 0 saturated carbocycles. The molecule has 1 aromatic rings. The lowest BCUT2D eigenvalue weighted by molar-refractivity contribution is -0.119. The number of H-pyrrole nitrogens is 1. The van der Waals surface area contributed by atoms with E-state index in [-0.39, 0.29) is 17.8 Å². The number of rotatable bonds is 4. The molecule has 0 aromatic carbocycles. The van der Waals surface area contributed by atoms with Crippen LogP contribution in [0.15, 0.2) is 12.4 Å². The molecule has 1 aromatic heterocycles. The van der Waals surface area contributed by atoms with Gasteiger partial charge in [0.15, 0.2) is 0 Å². The summed E-state index contributed by atoms with van der Waals surface area (Å²) in [7, 11) is 0. The molecule has 4 nitrogen and oxygen atoms in total. The smallest absolute Gasteiger partial charge is 0.235 e. The Labute approximate surface area is 81.7 Å². The molecule has 0 bridgehead atoms. The third kappa shape index (κ3) is 2.73. The van der Waals surface area contributed by atoms with Crippen molar-refractivity contribution in [2.24, 2.45) is 0 Å². The average molecular weight is 202 g/mol. The highest BCUT2D eigenvalue weighted by atomic mass is 35.5. The third-order valence-corrected chi connectivity index (χ3v) is 1.96. The second kappa shape index (κ2) is 4.87. The van der Waals surface area contributed by atoms with Crippen LogP contribution < -0.4 is 5.32 Å². The standard InChI is InChI=1S/C8H12ClN3O/c1-2-6(12-7(13)5-9)8-10-3-4-11-8/h3-4,6H,2,5H2,1H3,(H,10,11)(H,12,13). The molecular formula is C8H12ClN3O. The first kappa shape index (κ1) is 10.1. The molecule has 0 aliphatic heterocycles. The second-order valence-electron chi connectivity index (χ2n) is 2.64. The molecule has 13 heavy (non-hydrogen) atoms. The van der Waals surface area contributed by atoms with Crippen molar-refractivity contribution in [1.29, 1.82) is 0 Å². The van der Waals surface area contributed by atoms with Gasteiger partial charge in [0.1, 0.15) is 11.7 Å². The number of nitrogens with one attached hydrogen (secondary N) is 2. The van der Waals surface area contributed by atoms with Crippen LogP contribution in [0.1, 0.15) is 25.2 Å². The van der Waals surface area contributed by atoms with Crippen LogP contribution >= 0.6 is 11.6 Å². The number of amides is 1. The van der Waals surface area contributed by atoms with Gasteiger partial charge in [0, 0.05) is 12.4 Å². The Balaban J connectivity index is 2.58. The molecule has 1 atom stereocenters. The van der Waals surface area contributed by atoms with Crippen molar-refractivity contribution in [1.82, 2.24) is 15.3 Å². The van der Waals surface area contributed by atoms with E-state index >= 15 is 0 Å². The average Bonchev–Trinajstić information content (AvgIpc) is 2.66. The summed E-state index contributed by atoms with van der Waals surface area (Å²) in [5, 5.41) is 2.75. The number of aromatic nitrogens is 2. The number of imidazole rings is 1. The number of hydrogen-bond donors (Lipinski definition) is 2. The zero-order valence-electron chi connectivity index (χ0n) is 7.38. The van der Waals surface area contributed by atoms with Crippen molar-refractivity contribution in [2.75, 3.05) is 5.88 Å². The Morgan fingerprint density at radius 2 is 2.62 bits per heavy atom. The molecule has 0 aliphatic rings. The van der Waals surface area contributed by atoms with E-state index in [1.54, 1.807) is 12.4 Å². The third-order valence-electron chi connectivity index (χ3n) is 1.71. The Morgan fingerprint density at radius 3 is 3.08 bits per heavy atom. The van der Waals surface area contributed by atoms with E-state index in [1.165, 1.54) is 0 Å². The highest BCUT2D eigenvalue weighted by Gasteiger charge is 2.13. The van der Waals surface area contributed by atoms with E-state index in [2.05, 4.69) is 15.3 Å². The van der Waals surface area contributed by atoms with Crippen LogP contribution in [0, 0.1) is 0 Å². The number of alkyl halides is 1. The van der Waals surface area contributed by atoms with Crippen LogP contribution in [0.3, 0.4) is 0 Å². The van der Waals surface area contributed by atoms with Gasteiger partial charge in [-0.25, -0.2) is 4.98 Å². The quantitative estimate of drug-likeness (QED) is 0.720. The fourth-order valence-electron chi connectivity index (χ4n) is 1.06. The normalized spacial score (nSPS) is 12.5. The summed E-state index contributed by atoms with van der Waals surface area (Å²) in [6.07, 6.45) is 4.17. The van der Waals surface area contributed by atoms with E-state index in [4.69, 9.17) is 11.6 Å². The van der Waals surface area contributed by atoms with Crippen LogP contribution in [0.2, 0.25) is 0 Å². The minimum atomic E-state index is -0.176. The summed E-state index contributed by atoms with van der Waals surface area (Å²) in [6, 6.07) is -0.0683. The lowest BCUT2D eigenvalue weighted by Gasteiger charge is -2.13. The molecule has 0 saturated heterocycles. The maximum absolute atomic E-state index is 11.0. The number of aromatic amines is 1. The van der Waals surface area contributed by atoms with Crippen molar-refractivity contribution in [2.45, 2.75) is 19.4 Å². The summed E-state index contributed by atoms with van der Waals surface area (Å²) in [5.74, 6) is 0.572. The van der Waals surface area contributed by atoms with Gasteiger partial charge in [-0.15, -0.1) is 11.6 Å². The van der Waals surface area contributed by atoms with Gasteiger partial charge in [-0.2, -0.15) is 0 Å². The minimum Gasteiger partial charge on any atom is -0.347 e. The summed E-state index contributed by atoms with van der Waals surface area (Å²) >= 11 is 5.37. The Bertz CT molecular complexity index is 260. The maximum atomic E-state index is 11.0. The molecule has 1 heterocycles. The van der Waals surface area contributed by atoms with Crippen LogP contribution in [0.25, 0.3) is 0 Å². The maximum Gasteiger partial charge on any atom is 0.235 e. The SMILES string of the molecule is CCC(NC(=O)CCl)c1ncc[nH]1. The van der Waals surface area contributed by atoms with Crippen molar-refractivity contribution in [3.05, 3.63) is 18.2 Å². The predicted octanol–water partition coefficient (Wildman–Crippen LogP) is 1.22. The molecule has 0 spiro atoms. The van der Waals surface area contributed by atoms with Crippen LogP contribution in [0.5, 0.6) is 0 Å². The van der Waals surface area contributed by atoms with Crippen LogP contribution in [-0.2, 0) is 4.79 Å². The Hall–Kier alpha value is -1.03. The predicted molar refractivity (Wildman–Crippen MR) is 50.5 cm³/mol. The summed E-state index contributed by atoms with van der Waals surface area (Å²) < 4.78 is 0. The molecule has 5 heteroatoms. The highest BCUT2D eigenvalue weighted by Crippen LogP contribution is 2.10. The molecule has 2 N–H and O–H groups in total. The lowest BCUT2D eigenvalue weighted by Crippen LogP contribution is -2.29. The molecule has 72 valence electrons. The molecule has 1 rings (SSSR count). The van der Waals surface area contributed by atoms with E-state index in [1.807, 2.05) is 6.92 Å². The van der Waals surface area contributed by atoms with Crippen molar-refractivity contribution in [3.63, 3.8) is 0 Å². The lowest BCUT2D eigenvalue weighted by atomic mass is 10.2. The molecule has 1 unspecified atom stereocenters. The van der Waals surface area contributed by atoms with E-state index in [0.29, 0.717) is 0 Å². The molecule has 0 radical (unpaired) electrons. The zero-order valence-corrected chi connectivity index (χ0v) is 8.14. The van der Waals surface area contributed by atoms with Crippen molar-refractivity contribution in [3.8, 4) is 0 Å². The van der Waals surface area contributed by atoms with Gasteiger partial charge in [-0.3, -0.25) is 4.79 Å². The molecule has 0 fully saturated rings. The first-order valence-corrected chi connectivity index (χ1v) is 4.66. The summed E-state index contributed by atoms with van der Waals surface area (Å²) in [4.78, 5) is 18.0. The molecule has 1 amide bonds.